The molecule has 0 radical (unpaired) electrons. The van der Waals surface area contributed by atoms with Crippen LogP contribution in [0.3, 0.4) is 0 Å². The van der Waals surface area contributed by atoms with Crippen LogP contribution in [0.15, 0.2) is 36.8 Å². The minimum absolute atomic E-state index is 0.222. The molecule has 8 nitrogen and oxygen atoms in total. The summed E-state index contributed by atoms with van der Waals surface area (Å²) in [6, 6.07) is 6.60. The van der Waals surface area contributed by atoms with E-state index in [-0.39, 0.29) is 11.9 Å². The zero-order valence-electron chi connectivity index (χ0n) is 18.3. The highest BCUT2D eigenvalue weighted by Gasteiger charge is 2.24. The molecule has 1 amide bonds. The SMILES string of the molecule is CCc1cnccc1NC(=O)c1ccc(N2C[C@@H](C)N[C@@H](C)C2)c2cnc(OC)nc12. The first-order chi connectivity index (χ1) is 15.0. The van der Waals surface area contributed by atoms with Gasteiger partial charge >= 0.3 is 6.01 Å². The number of aryl methyl sites for hydroxylation is 1. The molecule has 3 aromatic rings. The number of ether oxygens (including phenoxy) is 1. The molecule has 4 rings (SSSR count). The lowest BCUT2D eigenvalue weighted by Crippen LogP contribution is -2.54. The molecule has 2 aromatic heterocycles. The van der Waals surface area contributed by atoms with Gasteiger partial charge in [0.2, 0.25) is 0 Å². The molecule has 0 unspecified atom stereocenters. The fourth-order valence-electron chi connectivity index (χ4n) is 4.19. The number of rotatable bonds is 5. The Morgan fingerprint density at radius 1 is 1.23 bits per heavy atom. The lowest BCUT2D eigenvalue weighted by molar-refractivity contribution is 0.102. The van der Waals surface area contributed by atoms with Crippen LogP contribution in [0.2, 0.25) is 0 Å². The average Bonchev–Trinajstić information content (AvgIpc) is 2.77. The Labute approximate surface area is 182 Å². The number of anilines is 2. The summed E-state index contributed by atoms with van der Waals surface area (Å²) >= 11 is 0. The highest BCUT2D eigenvalue weighted by Crippen LogP contribution is 2.31. The zero-order chi connectivity index (χ0) is 22.0. The van der Waals surface area contributed by atoms with Gasteiger partial charge in [0, 0.05) is 60.5 Å². The molecule has 0 aliphatic carbocycles. The van der Waals surface area contributed by atoms with Crippen molar-refractivity contribution >= 4 is 28.2 Å². The molecule has 1 fully saturated rings. The van der Waals surface area contributed by atoms with E-state index < -0.39 is 0 Å². The molecule has 1 aliphatic rings. The van der Waals surface area contributed by atoms with E-state index in [1.165, 1.54) is 7.11 Å². The molecular formula is C23H28N6O2. The topological polar surface area (TPSA) is 92.3 Å². The number of hydrogen-bond donors (Lipinski definition) is 2. The van der Waals surface area contributed by atoms with Crippen molar-refractivity contribution in [1.29, 1.82) is 0 Å². The van der Waals surface area contributed by atoms with Crippen molar-refractivity contribution in [1.82, 2.24) is 20.3 Å². The molecule has 8 heteroatoms. The quantitative estimate of drug-likeness (QED) is 0.655. The predicted molar refractivity (Wildman–Crippen MR) is 122 cm³/mol. The van der Waals surface area contributed by atoms with Gasteiger partial charge in [0.1, 0.15) is 0 Å². The van der Waals surface area contributed by atoms with E-state index in [0.29, 0.717) is 23.2 Å². The molecule has 0 spiro atoms. The maximum atomic E-state index is 13.2. The van der Waals surface area contributed by atoms with Crippen LogP contribution in [0, 0.1) is 0 Å². The number of hydrogen-bond acceptors (Lipinski definition) is 7. The first kappa shape index (κ1) is 21.0. The molecule has 0 bridgehead atoms. The second-order valence-corrected chi connectivity index (χ2v) is 7.97. The van der Waals surface area contributed by atoms with E-state index in [1.54, 1.807) is 18.6 Å². The summed E-state index contributed by atoms with van der Waals surface area (Å²) in [6.45, 7) is 8.12. The highest BCUT2D eigenvalue weighted by atomic mass is 16.5. The standard InChI is InChI=1S/C23H28N6O2/c1-5-16-10-24-9-8-19(16)27-22(30)17-6-7-20(29-12-14(2)26-15(3)13-29)18-11-25-23(31-4)28-21(17)18/h6-11,14-15,26H,5,12-13H2,1-4H3,(H,24,27,30)/t14-,15+. The van der Waals surface area contributed by atoms with E-state index in [4.69, 9.17) is 4.74 Å². The third kappa shape index (κ3) is 4.29. The second-order valence-electron chi connectivity index (χ2n) is 7.97. The largest absolute Gasteiger partial charge is 0.467 e. The minimum Gasteiger partial charge on any atom is -0.467 e. The van der Waals surface area contributed by atoms with Crippen molar-refractivity contribution in [3.63, 3.8) is 0 Å². The van der Waals surface area contributed by atoms with Gasteiger partial charge in [-0.2, -0.15) is 4.98 Å². The van der Waals surface area contributed by atoms with Crippen LogP contribution in [0.5, 0.6) is 6.01 Å². The lowest BCUT2D eigenvalue weighted by Gasteiger charge is -2.38. The molecule has 1 saturated heterocycles. The fraction of sp³-hybridized carbons (Fsp3) is 0.391. The number of nitrogens with one attached hydrogen (secondary N) is 2. The van der Waals surface area contributed by atoms with Gasteiger partial charge in [0.15, 0.2) is 0 Å². The van der Waals surface area contributed by atoms with E-state index in [0.717, 1.165) is 41.8 Å². The van der Waals surface area contributed by atoms with Gasteiger partial charge in [0.05, 0.1) is 18.2 Å². The molecule has 1 aliphatic heterocycles. The van der Waals surface area contributed by atoms with E-state index in [1.807, 2.05) is 25.1 Å². The normalized spacial score (nSPS) is 18.8. The van der Waals surface area contributed by atoms with Gasteiger partial charge < -0.3 is 20.3 Å². The summed E-state index contributed by atoms with van der Waals surface area (Å²) in [5.74, 6) is -0.222. The molecule has 1 aromatic carbocycles. The van der Waals surface area contributed by atoms with Crippen LogP contribution in [-0.2, 0) is 6.42 Å². The minimum atomic E-state index is -0.222. The molecule has 0 saturated carbocycles. The molecule has 3 heterocycles. The molecular weight excluding hydrogens is 392 g/mol. The van der Waals surface area contributed by atoms with Crippen LogP contribution >= 0.6 is 0 Å². The number of nitrogens with zero attached hydrogens (tertiary/aromatic N) is 4. The average molecular weight is 421 g/mol. The third-order valence-corrected chi connectivity index (χ3v) is 5.56. The van der Waals surface area contributed by atoms with Crippen LogP contribution in [-0.4, -0.2) is 53.1 Å². The summed E-state index contributed by atoms with van der Waals surface area (Å²) in [7, 11) is 1.52. The van der Waals surface area contributed by atoms with Crippen LogP contribution in [0.25, 0.3) is 10.9 Å². The summed E-state index contributed by atoms with van der Waals surface area (Å²) in [5.41, 5.74) is 3.81. The van der Waals surface area contributed by atoms with Crippen molar-refractivity contribution in [2.24, 2.45) is 0 Å². The number of piperazine rings is 1. The van der Waals surface area contributed by atoms with Gasteiger partial charge in [0.25, 0.3) is 5.91 Å². The summed E-state index contributed by atoms with van der Waals surface area (Å²) < 4.78 is 5.25. The van der Waals surface area contributed by atoms with Crippen molar-refractivity contribution < 1.29 is 9.53 Å². The first-order valence-corrected chi connectivity index (χ1v) is 10.6. The molecule has 162 valence electrons. The monoisotopic (exact) mass is 420 g/mol. The van der Waals surface area contributed by atoms with Crippen LogP contribution in [0.1, 0.15) is 36.7 Å². The van der Waals surface area contributed by atoms with Gasteiger partial charge in [-0.25, -0.2) is 4.98 Å². The Hall–Kier alpha value is -3.26. The number of benzene rings is 1. The Balaban J connectivity index is 1.76. The molecule has 31 heavy (non-hydrogen) atoms. The maximum absolute atomic E-state index is 13.2. The number of carbonyl (C=O) groups is 1. The number of fused-ring (bicyclic) bond motifs is 1. The smallest absolute Gasteiger partial charge is 0.316 e. The summed E-state index contributed by atoms with van der Waals surface area (Å²) in [6.07, 6.45) is 5.97. The Kier molecular flexibility index (Phi) is 5.99. The Bertz CT molecular complexity index is 1090. The molecule has 2 N–H and O–H groups in total. The second kappa shape index (κ2) is 8.85. The van der Waals surface area contributed by atoms with E-state index >= 15 is 0 Å². The highest BCUT2D eigenvalue weighted by molar-refractivity contribution is 6.14. The van der Waals surface area contributed by atoms with Gasteiger partial charge in [-0.15, -0.1) is 0 Å². The van der Waals surface area contributed by atoms with E-state index in [9.17, 15) is 4.79 Å². The van der Waals surface area contributed by atoms with Crippen molar-refractivity contribution in [3.05, 3.63) is 47.9 Å². The number of amides is 1. The predicted octanol–water partition coefficient (Wildman–Crippen LogP) is 3.03. The van der Waals surface area contributed by atoms with Crippen LogP contribution in [0.4, 0.5) is 11.4 Å². The van der Waals surface area contributed by atoms with Gasteiger partial charge in [-0.05, 0) is 44.0 Å². The number of carbonyl (C=O) groups excluding carboxylic acids is 1. The van der Waals surface area contributed by atoms with Crippen LogP contribution < -0.4 is 20.3 Å². The van der Waals surface area contributed by atoms with Gasteiger partial charge in [-0.1, -0.05) is 6.92 Å². The fourth-order valence-corrected chi connectivity index (χ4v) is 4.19. The first-order valence-electron chi connectivity index (χ1n) is 10.6. The van der Waals surface area contributed by atoms with E-state index in [2.05, 4.69) is 44.3 Å². The lowest BCUT2D eigenvalue weighted by atomic mass is 10.0. The Morgan fingerprint density at radius 3 is 2.71 bits per heavy atom. The molecule has 2 atom stereocenters. The van der Waals surface area contributed by atoms with Crippen molar-refractivity contribution in [2.75, 3.05) is 30.4 Å². The number of methoxy groups -OCH3 is 1. The van der Waals surface area contributed by atoms with Crippen molar-refractivity contribution in [2.45, 2.75) is 39.3 Å². The summed E-state index contributed by atoms with van der Waals surface area (Å²) in [4.78, 5) is 28.6. The summed E-state index contributed by atoms with van der Waals surface area (Å²) in [5, 5.41) is 7.40. The Morgan fingerprint density at radius 2 is 2.00 bits per heavy atom. The third-order valence-electron chi connectivity index (χ3n) is 5.56. The number of aromatic nitrogens is 3. The maximum Gasteiger partial charge on any atom is 0.316 e. The zero-order valence-corrected chi connectivity index (χ0v) is 18.3. The number of pyridine rings is 1. The van der Waals surface area contributed by atoms with Gasteiger partial charge in [-0.3, -0.25) is 9.78 Å². The van der Waals surface area contributed by atoms with Crippen molar-refractivity contribution in [3.8, 4) is 6.01 Å².